The van der Waals surface area contributed by atoms with E-state index in [1.54, 1.807) is 4.68 Å². The normalized spacial score (nSPS) is 15.6. The summed E-state index contributed by atoms with van der Waals surface area (Å²) in [7, 11) is 0. The number of hydrogen-bond donors (Lipinski definition) is 1. The van der Waals surface area contributed by atoms with E-state index < -0.39 is 0 Å². The van der Waals surface area contributed by atoms with Crippen LogP contribution in [-0.2, 0) is 11.4 Å². The van der Waals surface area contributed by atoms with E-state index in [0.717, 1.165) is 11.1 Å². The zero-order chi connectivity index (χ0) is 19.5. The van der Waals surface area contributed by atoms with Gasteiger partial charge in [0.15, 0.2) is 11.5 Å². The number of nitrogens with one attached hydrogen (secondary N) is 1. The fourth-order valence-corrected chi connectivity index (χ4v) is 3.25. The number of halogens is 1. The number of carbonyl (C=O) groups excluding carboxylic acids is 1. The van der Waals surface area contributed by atoms with E-state index in [9.17, 15) is 4.79 Å². The summed E-state index contributed by atoms with van der Waals surface area (Å²) in [6, 6.07) is 12.9. The Balaban J connectivity index is 1.59. The largest absolute Gasteiger partial charge is 0.490 e. The number of fused-ring (bicyclic) bond motifs is 1. The number of nitrogens with zero attached hydrogens (tertiary/aromatic N) is 3. The Bertz CT molecular complexity index is 987. The molecule has 7 nitrogen and oxygen atoms in total. The molecule has 0 aliphatic carbocycles. The molecule has 1 N–H and O–H groups in total. The molecular weight excluding hydrogens is 380 g/mol. The maximum atomic E-state index is 12.0. The molecule has 0 spiro atoms. The van der Waals surface area contributed by atoms with Crippen LogP contribution in [-0.4, -0.2) is 27.3 Å². The third-order valence-corrected chi connectivity index (χ3v) is 4.71. The summed E-state index contributed by atoms with van der Waals surface area (Å²) in [6.07, 6.45) is 1.72. The van der Waals surface area contributed by atoms with Crippen molar-refractivity contribution in [2.45, 2.75) is 26.0 Å². The van der Waals surface area contributed by atoms with E-state index in [1.165, 1.54) is 6.33 Å². The van der Waals surface area contributed by atoms with E-state index in [0.29, 0.717) is 35.7 Å². The van der Waals surface area contributed by atoms with Crippen LogP contribution in [0.4, 0.5) is 5.95 Å². The van der Waals surface area contributed by atoms with Gasteiger partial charge in [-0.15, -0.1) is 0 Å². The zero-order valence-electron chi connectivity index (χ0n) is 15.3. The van der Waals surface area contributed by atoms with Crippen molar-refractivity contribution in [1.29, 1.82) is 0 Å². The van der Waals surface area contributed by atoms with Gasteiger partial charge in [0.2, 0.25) is 11.9 Å². The summed E-state index contributed by atoms with van der Waals surface area (Å²) in [5.74, 6) is 1.62. The molecule has 0 radical (unpaired) electrons. The van der Waals surface area contributed by atoms with Gasteiger partial charge in [0.05, 0.1) is 19.1 Å². The van der Waals surface area contributed by atoms with Crippen LogP contribution >= 0.6 is 11.6 Å². The lowest BCUT2D eigenvalue weighted by Crippen LogP contribution is -2.29. The maximum Gasteiger partial charge on any atom is 0.229 e. The Labute approximate surface area is 167 Å². The summed E-state index contributed by atoms with van der Waals surface area (Å²) >= 11 is 5.92. The minimum Gasteiger partial charge on any atom is -0.490 e. The van der Waals surface area contributed by atoms with Crippen molar-refractivity contribution in [2.75, 3.05) is 11.9 Å². The number of hydrogen-bond acceptors (Lipinski definition) is 5. The van der Waals surface area contributed by atoms with E-state index in [4.69, 9.17) is 21.1 Å². The summed E-state index contributed by atoms with van der Waals surface area (Å²) < 4.78 is 13.4. The lowest BCUT2D eigenvalue weighted by Gasteiger charge is -2.24. The number of rotatable bonds is 6. The van der Waals surface area contributed by atoms with E-state index >= 15 is 0 Å². The van der Waals surface area contributed by atoms with Gasteiger partial charge in [-0.1, -0.05) is 29.8 Å². The minimum atomic E-state index is -0.240. The second-order valence-electron chi connectivity index (χ2n) is 6.35. The average molecular weight is 399 g/mol. The van der Waals surface area contributed by atoms with Gasteiger partial charge in [0, 0.05) is 5.02 Å². The molecule has 28 heavy (non-hydrogen) atoms. The van der Waals surface area contributed by atoms with Gasteiger partial charge in [-0.05, 0) is 42.3 Å². The summed E-state index contributed by atoms with van der Waals surface area (Å²) in [5.41, 5.74) is 1.91. The Morgan fingerprint density at radius 3 is 2.79 bits per heavy atom. The highest BCUT2D eigenvalue weighted by atomic mass is 35.5. The number of ether oxygens (including phenoxy) is 2. The summed E-state index contributed by atoms with van der Waals surface area (Å²) in [6.45, 7) is 2.81. The second kappa shape index (κ2) is 7.90. The van der Waals surface area contributed by atoms with Gasteiger partial charge >= 0.3 is 0 Å². The van der Waals surface area contributed by atoms with Gasteiger partial charge in [-0.25, -0.2) is 4.68 Å². The maximum absolute atomic E-state index is 12.0. The number of amides is 1. The molecule has 0 saturated heterocycles. The van der Waals surface area contributed by atoms with E-state index in [-0.39, 0.29) is 18.4 Å². The molecule has 8 heteroatoms. The molecule has 0 bridgehead atoms. The Hall–Kier alpha value is -3.06. The van der Waals surface area contributed by atoms with Crippen LogP contribution < -0.4 is 14.8 Å². The molecule has 1 aromatic heterocycles. The first-order valence-corrected chi connectivity index (χ1v) is 9.35. The molecule has 4 rings (SSSR count). The van der Waals surface area contributed by atoms with Crippen molar-refractivity contribution < 1.29 is 14.3 Å². The third kappa shape index (κ3) is 3.80. The number of benzene rings is 2. The third-order valence-electron chi connectivity index (χ3n) is 4.46. The molecule has 2 heterocycles. The molecule has 3 aromatic rings. The molecule has 1 aliphatic rings. The van der Waals surface area contributed by atoms with Crippen LogP contribution in [0.2, 0.25) is 5.02 Å². The van der Waals surface area contributed by atoms with Crippen LogP contribution in [0.15, 0.2) is 48.8 Å². The highest BCUT2D eigenvalue weighted by Crippen LogP contribution is 2.35. The van der Waals surface area contributed by atoms with Crippen LogP contribution in [0.25, 0.3) is 0 Å². The van der Waals surface area contributed by atoms with Gasteiger partial charge in [-0.3, -0.25) is 10.1 Å². The van der Waals surface area contributed by atoms with Gasteiger partial charge in [-0.2, -0.15) is 10.1 Å². The Morgan fingerprint density at radius 2 is 2.00 bits per heavy atom. The monoisotopic (exact) mass is 398 g/mol. The molecule has 0 fully saturated rings. The van der Waals surface area contributed by atoms with E-state index in [2.05, 4.69) is 15.4 Å². The van der Waals surface area contributed by atoms with E-state index in [1.807, 2.05) is 49.4 Å². The summed E-state index contributed by atoms with van der Waals surface area (Å²) in [4.78, 5) is 16.1. The van der Waals surface area contributed by atoms with Crippen molar-refractivity contribution in [3.05, 3.63) is 64.9 Å². The van der Waals surface area contributed by atoms with Crippen molar-refractivity contribution in [1.82, 2.24) is 14.8 Å². The first kappa shape index (κ1) is 18.3. The molecule has 2 aromatic carbocycles. The first-order chi connectivity index (χ1) is 13.6. The number of carbonyl (C=O) groups is 1. The highest BCUT2D eigenvalue weighted by molar-refractivity contribution is 6.30. The minimum absolute atomic E-state index is 0.0912. The standard InChI is InChI=1S/C20H19ClN4O3/c1-2-27-18-9-14(16-10-19(26)24-20-22-12-23-25(16)20)5-8-17(18)28-11-13-3-6-15(21)7-4-13/h3-9,12,16H,2,10-11H2,1H3,(H,22,23,24,26)/t16-/m0/s1. The first-order valence-electron chi connectivity index (χ1n) is 8.97. The van der Waals surface area contributed by atoms with Gasteiger partial charge < -0.3 is 9.47 Å². The summed E-state index contributed by atoms with van der Waals surface area (Å²) in [5, 5.41) is 7.64. The fraction of sp³-hybridized carbons (Fsp3) is 0.250. The highest BCUT2D eigenvalue weighted by Gasteiger charge is 2.28. The Kier molecular flexibility index (Phi) is 5.16. The van der Waals surface area contributed by atoms with Crippen LogP contribution in [0.5, 0.6) is 11.5 Å². The van der Waals surface area contributed by atoms with Gasteiger partial charge in [0.25, 0.3) is 0 Å². The lowest BCUT2D eigenvalue weighted by molar-refractivity contribution is -0.117. The quantitative estimate of drug-likeness (QED) is 0.682. The fourth-order valence-electron chi connectivity index (χ4n) is 3.13. The van der Waals surface area contributed by atoms with Crippen LogP contribution in [0.3, 0.4) is 0 Å². The molecule has 1 aliphatic heterocycles. The predicted molar refractivity (Wildman–Crippen MR) is 105 cm³/mol. The lowest BCUT2D eigenvalue weighted by atomic mass is 10.0. The SMILES string of the molecule is CCOc1cc([C@@H]2CC(=O)Nc3ncnn32)ccc1OCc1ccc(Cl)cc1. The predicted octanol–water partition coefficient (Wildman–Crippen LogP) is 3.84. The smallest absolute Gasteiger partial charge is 0.229 e. The van der Waals surface area contributed by atoms with Crippen molar-refractivity contribution in [2.24, 2.45) is 0 Å². The molecule has 1 amide bonds. The topological polar surface area (TPSA) is 78.3 Å². The molecule has 144 valence electrons. The van der Waals surface area contributed by atoms with Crippen molar-refractivity contribution in [3.8, 4) is 11.5 Å². The zero-order valence-corrected chi connectivity index (χ0v) is 16.0. The molecular formula is C20H19ClN4O3. The number of anilines is 1. The molecule has 1 atom stereocenters. The van der Waals surface area contributed by atoms with Crippen molar-refractivity contribution >= 4 is 23.5 Å². The van der Waals surface area contributed by atoms with Crippen LogP contribution in [0.1, 0.15) is 30.5 Å². The van der Waals surface area contributed by atoms with Crippen molar-refractivity contribution in [3.63, 3.8) is 0 Å². The molecule has 0 saturated carbocycles. The average Bonchev–Trinajstić information content (AvgIpc) is 3.16. The van der Waals surface area contributed by atoms with Crippen LogP contribution in [0, 0.1) is 0 Å². The second-order valence-corrected chi connectivity index (χ2v) is 6.79. The Morgan fingerprint density at radius 1 is 1.18 bits per heavy atom. The number of aromatic nitrogens is 3. The molecule has 0 unspecified atom stereocenters. The van der Waals surface area contributed by atoms with Gasteiger partial charge in [0.1, 0.15) is 12.9 Å².